The predicted octanol–water partition coefficient (Wildman–Crippen LogP) is 3.31. The molecule has 0 aliphatic heterocycles. The van der Waals surface area contributed by atoms with Gasteiger partial charge < -0.3 is 4.74 Å². The maximum atomic E-state index is 11.0. The van der Waals surface area contributed by atoms with Crippen molar-refractivity contribution in [1.29, 1.82) is 0 Å². The summed E-state index contributed by atoms with van der Waals surface area (Å²) in [6.07, 6.45) is 0. The molecule has 0 aromatic carbocycles. The largest absolute Gasteiger partial charge is 0.465 e. The van der Waals surface area contributed by atoms with E-state index in [1.165, 1.54) is 19.2 Å². The molecule has 0 unspecified atom stereocenters. The predicted molar refractivity (Wildman–Crippen MR) is 67.3 cm³/mol. The van der Waals surface area contributed by atoms with Crippen LogP contribution in [0.1, 0.15) is 24.2 Å². The van der Waals surface area contributed by atoms with E-state index in [1.54, 1.807) is 0 Å². The van der Waals surface area contributed by atoms with Crippen molar-refractivity contribution in [3.8, 4) is 0 Å². The zero-order valence-electron chi connectivity index (χ0n) is 8.67. The van der Waals surface area contributed by atoms with Crippen molar-refractivity contribution in [1.82, 2.24) is 4.98 Å². The molecule has 1 aromatic heterocycles. The van der Waals surface area contributed by atoms with E-state index >= 15 is 0 Å². The number of pyridine rings is 1. The summed E-state index contributed by atoms with van der Waals surface area (Å²) < 4.78 is 4.46. The number of esters is 1. The first-order valence-corrected chi connectivity index (χ1v) is 4.80. The molecule has 3 nitrogen and oxygen atoms in total. The highest BCUT2D eigenvalue weighted by Crippen LogP contribution is 2.14. The fourth-order valence-corrected chi connectivity index (χ4v) is 1.16. The van der Waals surface area contributed by atoms with E-state index in [-0.39, 0.29) is 23.8 Å². The summed E-state index contributed by atoms with van der Waals surface area (Å²) in [4.78, 5) is 14.6. The Labute approximate surface area is 106 Å². The first kappa shape index (κ1) is 17.0. The van der Waals surface area contributed by atoms with Crippen molar-refractivity contribution in [3.05, 3.63) is 28.0 Å². The van der Waals surface area contributed by atoms with E-state index in [0.717, 1.165) is 0 Å². The molecule has 0 bridgehead atoms. The van der Waals surface area contributed by atoms with Gasteiger partial charge in [-0.25, -0.2) is 9.78 Å². The summed E-state index contributed by atoms with van der Waals surface area (Å²) >= 11 is 11.1. The number of aromatic nitrogens is 1. The van der Waals surface area contributed by atoms with E-state index in [9.17, 15) is 4.79 Å². The maximum absolute atomic E-state index is 11.0. The van der Waals surface area contributed by atoms with Crippen molar-refractivity contribution < 1.29 is 9.53 Å². The average Bonchev–Trinajstić information content (AvgIpc) is 2.18. The standard InChI is InChI=1S/C7H5Cl2NO2.C2H6.H2S/c1-12-7(11)4-2-5(8)10-6(9)3-4;1-2;/h2-3H,1H3;1-2H3;1H2. The van der Waals surface area contributed by atoms with Gasteiger partial charge in [0, 0.05) is 0 Å². The van der Waals surface area contributed by atoms with E-state index in [2.05, 4.69) is 9.72 Å². The van der Waals surface area contributed by atoms with Gasteiger partial charge in [0.25, 0.3) is 0 Å². The lowest BCUT2D eigenvalue weighted by molar-refractivity contribution is 0.0600. The van der Waals surface area contributed by atoms with Crippen molar-refractivity contribution in [2.45, 2.75) is 13.8 Å². The van der Waals surface area contributed by atoms with E-state index < -0.39 is 5.97 Å². The highest BCUT2D eigenvalue weighted by molar-refractivity contribution is 7.59. The zero-order valence-corrected chi connectivity index (χ0v) is 11.2. The third kappa shape index (κ3) is 5.87. The van der Waals surface area contributed by atoms with Crippen LogP contribution in [0.5, 0.6) is 0 Å². The fourth-order valence-electron chi connectivity index (χ4n) is 0.701. The third-order valence-electron chi connectivity index (χ3n) is 1.18. The molecule has 1 heterocycles. The van der Waals surface area contributed by atoms with Gasteiger partial charge in [0.2, 0.25) is 0 Å². The van der Waals surface area contributed by atoms with Crippen LogP contribution in [-0.4, -0.2) is 18.1 Å². The Morgan fingerprint density at radius 3 is 2.00 bits per heavy atom. The fraction of sp³-hybridized carbons (Fsp3) is 0.333. The average molecular weight is 270 g/mol. The zero-order chi connectivity index (χ0) is 11.1. The van der Waals surface area contributed by atoms with Gasteiger partial charge in [0.15, 0.2) is 0 Å². The van der Waals surface area contributed by atoms with Crippen LogP contribution < -0.4 is 0 Å². The molecule has 15 heavy (non-hydrogen) atoms. The third-order valence-corrected chi connectivity index (χ3v) is 1.57. The quantitative estimate of drug-likeness (QED) is 0.580. The molecule has 0 saturated carbocycles. The Kier molecular flexibility index (Phi) is 9.98. The second-order valence-corrected chi connectivity index (χ2v) is 2.77. The molecule has 0 atom stereocenters. The van der Waals surface area contributed by atoms with Gasteiger partial charge in [-0.05, 0) is 12.1 Å². The summed E-state index contributed by atoms with van der Waals surface area (Å²) in [5.41, 5.74) is 0.294. The van der Waals surface area contributed by atoms with Gasteiger partial charge in [-0.3, -0.25) is 0 Å². The van der Waals surface area contributed by atoms with Crippen LogP contribution in [0.15, 0.2) is 12.1 Å². The molecule has 1 aromatic rings. The van der Waals surface area contributed by atoms with Crippen LogP contribution in [0.4, 0.5) is 0 Å². The number of carbonyl (C=O) groups excluding carboxylic acids is 1. The van der Waals surface area contributed by atoms with Crippen LogP contribution in [0, 0.1) is 0 Å². The summed E-state index contributed by atoms with van der Waals surface area (Å²) in [7, 11) is 1.28. The molecule has 0 radical (unpaired) electrons. The summed E-state index contributed by atoms with van der Waals surface area (Å²) in [5, 5.41) is 0.339. The highest BCUT2D eigenvalue weighted by Gasteiger charge is 2.07. The monoisotopic (exact) mass is 269 g/mol. The number of methoxy groups -OCH3 is 1. The van der Waals surface area contributed by atoms with Crippen molar-refractivity contribution in [2.24, 2.45) is 0 Å². The minimum absolute atomic E-state index is 0. The summed E-state index contributed by atoms with van der Waals surface area (Å²) in [6, 6.07) is 2.78. The van der Waals surface area contributed by atoms with Crippen molar-refractivity contribution in [3.63, 3.8) is 0 Å². The number of nitrogens with zero attached hydrogens (tertiary/aromatic N) is 1. The van der Waals surface area contributed by atoms with Gasteiger partial charge in [-0.1, -0.05) is 37.0 Å². The van der Waals surface area contributed by atoms with Crippen LogP contribution in [0.2, 0.25) is 10.3 Å². The normalized spacial score (nSPS) is 8.07. The molecule has 0 amide bonds. The lowest BCUT2D eigenvalue weighted by Gasteiger charge is -1.99. The maximum Gasteiger partial charge on any atom is 0.338 e. The first-order valence-electron chi connectivity index (χ1n) is 4.05. The topological polar surface area (TPSA) is 39.2 Å². The molecule has 0 aliphatic carbocycles. The lowest BCUT2D eigenvalue weighted by atomic mass is 10.3. The molecule has 0 fully saturated rings. The number of ether oxygens (including phenoxy) is 1. The Morgan fingerprint density at radius 1 is 1.27 bits per heavy atom. The Balaban J connectivity index is 0. The molecular weight excluding hydrogens is 257 g/mol. The molecule has 0 aliphatic rings. The highest BCUT2D eigenvalue weighted by atomic mass is 35.5. The van der Waals surface area contributed by atoms with Gasteiger partial charge in [-0.2, -0.15) is 13.5 Å². The first-order chi connectivity index (χ1) is 6.63. The van der Waals surface area contributed by atoms with Crippen molar-refractivity contribution >= 4 is 42.7 Å². The number of halogens is 2. The smallest absolute Gasteiger partial charge is 0.338 e. The Morgan fingerprint density at radius 2 is 1.67 bits per heavy atom. The second kappa shape index (κ2) is 8.83. The molecule has 0 spiro atoms. The SMILES string of the molecule is CC.COC(=O)c1cc(Cl)nc(Cl)c1.S. The van der Waals surface area contributed by atoms with E-state index in [1.807, 2.05) is 13.8 Å². The number of hydrogen-bond donors (Lipinski definition) is 0. The lowest BCUT2D eigenvalue weighted by Crippen LogP contribution is -2.01. The van der Waals surface area contributed by atoms with E-state index in [0.29, 0.717) is 5.56 Å². The van der Waals surface area contributed by atoms with Crippen LogP contribution in [-0.2, 0) is 4.74 Å². The van der Waals surface area contributed by atoms with Gasteiger partial charge in [0.1, 0.15) is 10.3 Å². The Hall–Kier alpha value is -0.450. The summed E-state index contributed by atoms with van der Waals surface area (Å²) in [5.74, 6) is -0.485. The molecule has 0 N–H and O–H groups in total. The van der Waals surface area contributed by atoms with Crippen molar-refractivity contribution in [2.75, 3.05) is 7.11 Å². The number of carbonyl (C=O) groups is 1. The summed E-state index contributed by atoms with van der Waals surface area (Å²) in [6.45, 7) is 4.00. The minimum Gasteiger partial charge on any atom is -0.465 e. The van der Waals surface area contributed by atoms with Crippen LogP contribution in [0.25, 0.3) is 0 Å². The molecule has 86 valence electrons. The number of hydrogen-bond acceptors (Lipinski definition) is 3. The molecule has 1 rings (SSSR count). The van der Waals surface area contributed by atoms with E-state index in [4.69, 9.17) is 23.2 Å². The van der Waals surface area contributed by atoms with Crippen LogP contribution >= 0.6 is 36.7 Å². The second-order valence-electron chi connectivity index (χ2n) is 1.99. The van der Waals surface area contributed by atoms with Gasteiger partial charge >= 0.3 is 5.97 Å². The molecule has 0 saturated heterocycles. The Bertz CT molecular complexity index is 301. The van der Waals surface area contributed by atoms with Gasteiger partial charge in [0.05, 0.1) is 12.7 Å². The van der Waals surface area contributed by atoms with Gasteiger partial charge in [-0.15, -0.1) is 0 Å². The minimum atomic E-state index is -0.485. The number of rotatable bonds is 1. The molecular formula is C9H13Cl2NO2S. The molecule has 6 heteroatoms. The van der Waals surface area contributed by atoms with Crippen LogP contribution in [0.3, 0.4) is 0 Å².